The molecule has 1 heteroatoms. The molecule has 0 atom stereocenters. The molecule has 0 radical (unpaired) electrons. The zero-order valence-electron chi connectivity index (χ0n) is 6.90. The molecule has 12 heavy (non-hydrogen) atoms. The average molecular weight is 157 g/mol. The molecular formula is C11H11N. The number of hydrogen-bond donors (Lipinski definition) is 0. The highest BCUT2D eigenvalue weighted by Gasteiger charge is 2.23. The number of aromatic nitrogens is 1. The third-order valence-corrected chi connectivity index (χ3v) is 2.57. The van der Waals surface area contributed by atoms with Gasteiger partial charge in [0.1, 0.15) is 0 Å². The summed E-state index contributed by atoms with van der Waals surface area (Å²) in [5, 5.41) is 1.37. The van der Waals surface area contributed by atoms with Crippen LogP contribution < -0.4 is 0 Å². The van der Waals surface area contributed by atoms with Crippen LogP contribution in [-0.2, 0) is 0 Å². The molecular weight excluding hydrogens is 146 g/mol. The van der Waals surface area contributed by atoms with Crippen LogP contribution in [0, 0.1) is 0 Å². The van der Waals surface area contributed by atoms with Crippen LogP contribution in [0.2, 0.25) is 0 Å². The van der Waals surface area contributed by atoms with E-state index in [4.69, 9.17) is 0 Å². The first-order valence-corrected chi connectivity index (χ1v) is 4.51. The van der Waals surface area contributed by atoms with Crippen molar-refractivity contribution in [2.75, 3.05) is 0 Å². The first-order valence-electron chi connectivity index (χ1n) is 4.51. The summed E-state index contributed by atoms with van der Waals surface area (Å²) < 4.78 is 2.40. The topological polar surface area (TPSA) is 4.93 Å². The highest BCUT2D eigenvalue weighted by Crippen LogP contribution is 2.37. The zero-order chi connectivity index (χ0) is 7.97. The van der Waals surface area contributed by atoms with E-state index in [9.17, 15) is 0 Å². The minimum absolute atomic E-state index is 0.796. The molecule has 0 aliphatic heterocycles. The molecule has 1 heterocycles. The van der Waals surface area contributed by atoms with Crippen molar-refractivity contribution < 1.29 is 0 Å². The van der Waals surface area contributed by atoms with Crippen LogP contribution in [0.5, 0.6) is 0 Å². The van der Waals surface area contributed by atoms with E-state index in [0.717, 1.165) is 6.04 Å². The van der Waals surface area contributed by atoms with Crippen molar-refractivity contribution in [3.63, 3.8) is 0 Å². The molecule has 0 spiro atoms. The maximum Gasteiger partial charge on any atom is 0.0482 e. The lowest BCUT2D eigenvalue weighted by atomic mass is 10.2. The van der Waals surface area contributed by atoms with E-state index in [1.165, 1.54) is 23.7 Å². The Hall–Kier alpha value is -1.24. The highest BCUT2D eigenvalue weighted by molar-refractivity contribution is 5.80. The second-order valence-electron chi connectivity index (χ2n) is 3.51. The number of para-hydroxylation sites is 1. The largest absolute Gasteiger partial charge is 0.344 e. The number of benzene rings is 1. The van der Waals surface area contributed by atoms with Crippen LogP contribution >= 0.6 is 0 Å². The predicted molar refractivity (Wildman–Crippen MR) is 50.2 cm³/mol. The lowest BCUT2D eigenvalue weighted by Crippen LogP contribution is -1.89. The quantitative estimate of drug-likeness (QED) is 0.599. The van der Waals surface area contributed by atoms with Gasteiger partial charge in [-0.15, -0.1) is 0 Å². The second kappa shape index (κ2) is 2.13. The molecule has 1 aromatic heterocycles. The molecule has 0 amide bonds. The van der Waals surface area contributed by atoms with Crippen LogP contribution in [0.4, 0.5) is 0 Å². The van der Waals surface area contributed by atoms with E-state index in [2.05, 4.69) is 41.1 Å². The monoisotopic (exact) mass is 157 g/mol. The molecule has 0 unspecified atom stereocenters. The van der Waals surface area contributed by atoms with E-state index < -0.39 is 0 Å². The summed E-state index contributed by atoms with van der Waals surface area (Å²) >= 11 is 0. The van der Waals surface area contributed by atoms with E-state index in [1.807, 2.05) is 0 Å². The number of hydrogen-bond acceptors (Lipinski definition) is 0. The molecule has 1 fully saturated rings. The zero-order valence-corrected chi connectivity index (χ0v) is 6.90. The van der Waals surface area contributed by atoms with Crippen molar-refractivity contribution in [1.82, 2.24) is 4.57 Å². The SMILES string of the molecule is c1ccc2c(c1)ccn2C1CC1. The lowest BCUT2D eigenvalue weighted by molar-refractivity contribution is 0.776. The summed E-state index contributed by atoms with van der Waals surface area (Å²) in [6.07, 6.45) is 4.93. The Morgan fingerprint density at radius 3 is 2.75 bits per heavy atom. The second-order valence-corrected chi connectivity index (χ2v) is 3.51. The van der Waals surface area contributed by atoms with E-state index in [1.54, 1.807) is 0 Å². The normalized spacial score (nSPS) is 17.0. The molecule has 0 saturated heterocycles. The molecule has 0 bridgehead atoms. The lowest BCUT2D eigenvalue weighted by Gasteiger charge is -2.00. The Labute approximate surface area is 71.6 Å². The maximum absolute atomic E-state index is 2.40. The van der Waals surface area contributed by atoms with Gasteiger partial charge in [-0.25, -0.2) is 0 Å². The van der Waals surface area contributed by atoms with Crippen molar-refractivity contribution in [2.45, 2.75) is 18.9 Å². The molecule has 1 saturated carbocycles. The van der Waals surface area contributed by atoms with Gasteiger partial charge in [0, 0.05) is 17.8 Å². The molecule has 1 aromatic carbocycles. The molecule has 1 aliphatic rings. The predicted octanol–water partition coefficient (Wildman–Crippen LogP) is 2.98. The third-order valence-electron chi connectivity index (χ3n) is 2.57. The van der Waals surface area contributed by atoms with Gasteiger partial charge in [0.05, 0.1) is 0 Å². The van der Waals surface area contributed by atoms with Gasteiger partial charge in [0.15, 0.2) is 0 Å². The van der Waals surface area contributed by atoms with Crippen LogP contribution in [0.3, 0.4) is 0 Å². The summed E-state index contributed by atoms with van der Waals surface area (Å²) in [5.41, 5.74) is 1.39. The fourth-order valence-electron chi connectivity index (χ4n) is 1.78. The Balaban J connectivity index is 2.30. The van der Waals surface area contributed by atoms with Gasteiger partial charge >= 0.3 is 0 Å². The molecule has 0 N–H and O–H groups in total. The summed E-state index contributed by atoms with van der Waals surface area (Å²) in [5.74, 6) is 0. The summed E-state index contributed by atoms with van der Waals surface area (Å²) in [4.78, 5) is 0. The van der Waals surface area contributed by atoms with Gasteiger partial charge in [-0.05, 0) is 30.4 Å². The van der Waals surface area contributed by atoms with Crippen LogP contribution in [0.15, 0.2) is 36.5 Å². The fraction of sp³-hybridized carbons (Fsp3) is 0.273. The van der Waals surface area contributed by atoms with E-state index in [-0.39, 0.29) is 0 Å². The van der Waals surface area contributed by atoms with Crippen LogP contribution in [-0.4, -0.2) is 4.57 Å². The Bertz CT molecular complexity index is 410. The Kier molecular flexibility index (Phi) is 1.12. The first-order chi connectivity index (χ1) is 5.95. The van der Waals surface area contributed by atoms with Gasteiger partial charge in [-0.2, -0.15) is 0 Å². The van der Waals surface area contributed by atoms with Gasteiger partial charge in [-0.1, -0.05) is 18.2 Å². The smallest absolute Gasteiger partial charge is 0.0482 e. The molecule has 1 nitrogen and oxygen atoms in total. The van der Waals surface area contributed by atoms with Crippen molar-refractivity contribution >= 4 is 10.9 Å². The van der Waals surface area contributed by atoms with Crippen molar-refractivity contribution in [3.05, 3.63) is 36.5 Å². The maximum atomic E-state index is 2.40. The summed E-state index contributed by atoms with van der Waals surface area (Å²) in [6, 6.07) is 11.6. The van der Waals surface area contributed by atoms with Gasteiger partial charge in [0.2, 0.25) is 0 Å². The molecule has 3 rings (SSSR count). The van der Waals surface area contributed by atoms with Crippen LogP contribution in [0.1, 0.15) is 18.9 Å². The number of rotatable bonds is 1. The van der Waals surface area contributed by atoms with E-state index in [0.29, 0.717) is 0 Å². The van der Waals surface area contributed by atoms with Crippen molar-refractivity contribution in [2.24, 2.45) is 0 Å². The van der Waals surface area contributed by atoms with Gasteiger partial charge in [0.25, 0.3) is 0 Å². The van der Waals surface area contributed by atoms with E-state index >= 15 is 0 Å². The van der Waals surface area contributed by atoms with Crippen LogP contribution in [0.25, 0.3) is 10.9 Å². The third kappa shape index (κ3) is 0.795. The number of nitrogens with zero attached hydrogens (tertiary/aromatic N) is 1. The Morgan fingerprint density at radius 2 is 1.92 bits per heavy atom. The molecule has 1 aliphatic carbocycles. The van der Waals surface area contributed by atoms with Gasteiger partial charge in [-0.3, -0.25) is 0 Å². The highest BCUT2D eigenvalue weighted by atomic mass is 15.0. The molecule has 60 valence electrons. The fourth-order valence-corrected chi connectivity index (χ4v) is 1.78. The molecule has 2 aromatic rings. The summed E-state index contributed by atoms with van der Waals surface area (Å²) in [6.45, 7) is 0. The number of fused-ring (bicyclic) bond motifs is 1. The standard InChI is InChI=1S/C11H11N/c1-2-4-11-9(3-1)7-8-12(11)10-5-6-10/h1-4,7-8,10H,5-6H2. The first kappa shape index (κ1) is 6.30. The average Bonchev–Trinajstić information content (AvgIpc) is 2.86. The van der Waals surface area contributed by atoms with Crippen molar-refractivity contribution in [1.29, 1.82) is 0 Å². The van der Waals surface area contributed by atoms with Crippen molar-refractivity contribution in [3.8, 4) is 0 Å². The summed E-state index contributed by atoms with van der Waals surface area (Å²) in [7, 11) is 0. The Morgan fingerprint density at radius 1 is 1.08 bits per heavy atom. The minimum atomic E-state index is 0.796. The minimum Gasteiger partial charge on any atom is -0.344 e. The van der Waals surface area contributed by atoms with Gasteiger partial charge < -0.3 is 4.57 Å².